The van der Waals surface area contributed by atoms with Gasteiger partial charge in [-0.15, -0.1) is 6.58 Å². The summed E-state index contributed by atoms with van der Waals surface area (Å²) in [5.41, 5.74) is 0. The SMILES string of the molecule is C=CCSCCNC(C)C(C)C. The highest BCUT2D eigenvalue weighted by Gasteiger charge is 2.04. The highest BCUT2D eigenvalue weighted by atomic mass is 32.2. The van der Waals surface area contributed by atoms with Gasteiger partial charge in [0.05, 0.1) is 0 Å². The molecule has 1 unspecified atom stereocenters. The molecule has 1 nitrogen and oxygen atoms in total. The van der Waals surface area contributed by atoms with Crippen molar-refractivity contribution >= 4 is 11.8 Å². The smallest absolute Gasteiger partial charge is 0.0111 e. The maximum atomic E-state index is 3.68. The zero-order valence-corrected chi connectivity index (χ0v) is 9.29. The lowest BCUT2D eigenvalue weighted by Crippen LogP contribution is -2.32. The Morgan fingerprint density at radius 1 is 1.42 bits per heavy atom. The fourth-order valence-corrected chi connectivity index (χ4v) is 1.36. The molecule has 0 aliphatic rings. The van der Waals surface area contributed by atoms with E-state index in [1.807, 2.05) is 17.8 Å². The molecule has 0 fully saturated rings. The van der Waals surface area contributed by atoms with Gasteiger partial charge in [0, 0.05) is 24.1 Å². The highest BCUT2D eigenvalue weighted by Crippen LogP contribution is 2.01. The molecule has 0 spiro atoms. The van der Waals surface area contributed by atoms with Crippen LogP contribution in [0, 0.1) is 5.92 Å². The first kappa shape index (κ1) is 12.0. The van der Waals surface area contributed by atoms with Gasteiger partial charge >= 0.3 is 0 Å². The molecule has 1 atom stereocenters. The molecule has 0 aliphatic heterocycles. The summed E-state index contributed by atoms with van der Waals surface area (Å²) in [6.07, 6.45) is 1.95. The summed E-state index contributed by atoms with van der Waals surface area (Å²) in [7, 11) is 0. The molecule has 0 saturated carbocycles. The van der Waals surface area contributed by atoms with E-state index >= 15 is 0 Å². The average molecular weight is 187 g/mol. The Morgan fingerprint density at radius 2 is 2.08 bits per heavy atom. The monoisotopic (exact) mass is 187 g/mol. The third-order valence-electron chi connectivity index (χ3n) is 1.95. The number of rotatable bonds is 7. The van der Waals surface area contributed by atoms with Crippen LogP contribution in [0.2, 0.25) is 0 Å². The molecule has 0 aromatic heterocycles. The molecule has 72 valence electrons. The summed E-state index contributed by atoms with van der Waals surface area (Å²) in [5.74, 6) is 2.98. The zero-order chi connectivity index (χ0) is 9.40. The van der Waals surface area contributed by atoms with Gasteiger partial charge in [-0.3, -0.25) is 0 Å². The molecule has 0 aliphatic carbocycles. The summed E-state index contributed by atoms with van der Waals surface area (Å²) in [5, 5.41) is 3.49. The summed E-state index contributed by atoms with van der Waals surface area (Å²) in [4.78, 5) is 0. The summed E-state index contributed by atoms with van der Waals surface area (Å²) < 4.78 is 0. The molecule has 0 aromatic rings. The van der Waals surface area contributed by atoms with E-state index < -0.39 is 0 Å². The van der Waals surface area contributed by atoms with Gasteiger partial charge < -0.3 is 5.32 Å². The van der Waals surface area contributed by atoms with Crippen LogP contribution in [-0.2, 0) is 0 Å². The van der Waals surface area contributed by atoms with Crippen LogP contribution in [0.3, 0.4) is 0 Å². The van der Waals surface area contributed by atoms with Crippen LogP contribution in [0.25, 0.3) is 0 Å². The lowest BCUT2D eigenvalue weighted by molar-refractivity contribution is 0.438. The van der Waals surface area contributed by atoms with Crippen LogP contribution >= 0.6 is 11.8 Å². The summed E-state index contributed by atoms with van der Waals surface area (Å²) in [6, 6.07) is 0.634. The first-order valence-electron chi connectivity index (χ1n) is 4.60. The highest BCUT2D eigenvalue weighted by molar-refractivity contribution is 7.99. The molecule has 2 heteroatoms. The van der Waals surface area contributed by atoms with E-state index in [1.54, 1.807) is 0 Å². The molecular weight excluding hydrogens is 166 g/mol. The van der Waals surface area contributed by atoms with Crippen molar-refractivity contribution in [3.05, 3.63) is 12.7 Å². The second-order valence-electron chi connectivity index (χ2n) is 3.35. The van der Waals surface area contributed by atoms with Crippen molar-refractivity contribution in [2.75, 3.05) is 18.1 Å². The first-order chi connectivity index (χ1) is 5.68. The maximum absolute atomic E-state index is 3.68. The van der Waals surface area contributed by atoms with E-state index in [0.29, 0.717) is 6.04 Å². The third kappa shape index (κ3) is 6.74. The van der Waals surface area contributed by atoms with Crippen LogP contribution in [0.4, 0.5) is 0 Å². The lowest BCUT2D eigenvalue weighted by atomic mass is 10.1. The van der Waals surface area contributed by atoms with E-state index in [4.69, 9.17) is 0 Å². The van der Waals surface area contributed by atoms with Crippen molar-refractivity contribution in [3.8, 4) is 0 Å². The fourth-order valence-electron chi connectivity index (χ4n) is 0.761. The minimum atomic E-state index is 0.634. The van der Waals surface area contributed by atoms with Crippen LogP contribution in [0.5, 0.6) is 0 Å². The van der Waals surface area contributed by atoms with E-state index in [0.717, 1.165) is 18.2 Å². The third-order valence-corrected chi connectivity index (χ3v) is 2.91. The minimum Gasteiger partial charge on any atom is -0.313 e. The Labute approximate surface area is 81.0 Å². The molecule has 0 amide bonds. The molecule has 0 bridgehead atoms. The maximum Gasteiger partial charge on any atom is 0.0111 e. The Kier molecular flexibility index (Phi) is 7.72. The van der Waals surface area contributed by atoms with Crippen LogP contribution in [-0.4, -0.2) is 24.1 Å². The second-order valence-corrected chi connectivity index (χ2v) is 4.50. The minimum absolute atomic E-state index is 0.634. The van der Waals surface area contributed by atoms with Crippen LogP contribution in [0.15, 0.2) is 12.7 Å². The molecule has 0 saturated heterocycles. The summed E-state index contributed by atoms with van der Waals surface area (Å²) >= 11 is 1.93. The van der Waals surface area contributed by atoms with Gasteiger partial charge in [-0.25, -0.2) is 0 Å². The van der Waals surface area contributed by atoms with Crippen molar-refractivity contribution in [2.24, 2.45) is 5.92 Å². The zero-order valence-electron chi connectivity index (χ0n) is 8.47. The average Bonchev–Trinajstić information content (AvgIpc) is 2.03. The molecule has 0 heterocycles. The fraction of sp³-hybridized carbons (Fsp3) is 0.800. The van der Waals surface area contributed by atoms with Gasteiger partial charge in [0.25, 0.3) is 0 Å². The number of nitrogens with one attached hydrogen (secondary N) is 1. The van der Waals surface area contributed by atoms with Crippen molar-refractivity contribution in [1.82, 2.24) is 5.32 Å². The van der Waals surface area contributed by atoms with Gasteiger partial charge in [-0.2, -0.15) is 11.8 Å². The topological polar surface area (TPSA) is 12.0 Å². The molecule has 0 rings (SSSR count). The quantitative estimate of drug-likeness (QED) is 0.485. The predicted octanol–water partition coefficient (Wildman–Crippen LogP) is 2.54. The van der Waals surface area contributed by atoms with Gasteiger partial charge in [0.2, 0.25) is 0 Å². The van der Waals surface area contributed by atoms with E-state index in [9.17, 15) is 0 Å². The Bertz CT molecular complexity index is 112. The van der Waals surface area contributed by atoms with E-state index in [2.05, 4.69) is 32.7 Å². The van der Waals surface area contributed by atoms with Crippen molar-refractivity contribution in [1.29, 1.82) is 0 Å². The molecule has 0 radical (unpaired) electrons. The molecule has 1 N–H and O–H groups in total. The van der Waals surface area contributed by atoms with Crippen molar-refractivity contribution < 1.29 is 0 Å². The second kappa shape index (κ2) is 7.69. The predicted molar refractivity (Wildman–Crippen MR) is 59.8 cm³/mol. The Balaban J connectivity index is 3.13. The van der Waals surface area contributed by atoms with Gasteiger partial charge in [0.1, 0.15) is 0 Å². The van der Waals surface area contributed by atoms with E-state index in [1.165, 1.54) is 5.75 Å². The van der Waals surface area contributed by atoms with Crippen molar-refractivity contribution in [2.45, 2.75) is 26.8 Å². The first-order valence-corrected chi connectivity index (χ1v) is 5.76. The molecule has 12 heavy (non-hydrogen) atoms. The molecule has 0 aromatic carbocycles. The van der Waals surface area contributed by atoms with Crippen LogP contribution in [0.1, 0.15) is 20.8 Å². The lowest BCUT2D eigenvalue weighted by Gasteiger charge is -2.16. The Morgan fingerprint density at radius 3 is 2.58 bits per heavy atom. The van der Waals surface area contributed by atoms with E-state index in [-0.39, 0.29) is 0 Å². The normalized spacial score (nSPS) is 13.3. The number of thioether (sulfide) groups is 1. The van der Waals surface area contributed by atoms with Crippen LogP contribution < -0.4 is 5.32 Å². The Hall–Kier alpha value is 0.0500. The van der Waals surface area contributed by atoms with Gasteiger partial charge in [-0.05, 0) is 12.8 Å². The largest absolute Gasteiger partial charge is 0.313 e. The van der Waals surface area contributed by atoms with Crippen molar-refractivity contribution in [3.63, 3.8) is 0 Å². The standard InChI is InChI=1S/C10H21NS/c1-5-7-12-8-6-11-10(4)9(2)3/h5,9-11H,1,6-8H2,2-4H3. The number of hydrogen-bond acceptors (Lipinski definition) is 2. The van der Waals surface area contributed by atoms with Gasteiger partial charge in [0.15, 0.2) is 0 Å². The van der Waals surface area contributed by atoms with Gasteiger partial charge in [-0.1, -0.05) is 19.9 Å². The molecular formula is C10H21NS. The number of hydrogen-bond donors (Lipinski definition) is 1. The summed E-state index contributed by atoms with van der Waals surface area (Å²) in [6.45, 7) is 11.5.